The Bertz CT molecular complexity index is 1740. The summed E-state index contributed by atoms with van der Waals surface area (Å²) in [4.78, 5) is 25.5. The number of hydrogen-bond donors (Lipinski definition) is 3. The fraction of sp³-hybridized carbons (Fsp3) is 0.214. The monoisotopic (exact) mass is 513 g/mol. The Hall–Kier alpha value is -4.41. The lowest BCUT2D eigenvalue weighted by Crippen LogP contribution is -2.16. The molecule has 1 aliphatic rings. The number of halogens is 1. The van der Waals surface area contributed by atoms with E-state index in [9.17, 15) is 19.1 Å². The lowest BCUT2D eigenvalue weighted by Gasteiger charge is -2.12. The molecule has 5 aromatic rings. The number of ether oxygens (including phenoxy) is 1. The second-order valence-electron chi connectivity index (χ2n) is 9.35. The van der Waals surface area contributed by atoms with Crippen LogP contribution < -0.4 is 10.9 Å². The van der Waals surface area contributed by atoms with Gasteiger partial charge in [-0.3, -0.25) is 14.3 Å². The summed E-state index contributed by atoms with van der Waals surface area (Å²) in [6.07, 6.45) is 0.903. The number of anilines is 1. The van der Waals surface area contributed by atoms with Gasteiger partial charge in [-0.25, -0.2) is 9.49 Å². The first-order chi connectivity index (χ1) is 18.5. The number of carbonyl (C=O) groups is 1. The number of amides is 1. The maximum atomic E-state index is 14.1. The zero-order chi connectivity index (χ0) is 26.2. The maximum Gasteiger partial charge on any atom is 0.276 e. The molecule has 2 aromatic heterocycles. The van der Waals surface area contributed by atoms with Crippen LogP contribution in [0.3, 0.4) is 0 Å². The Morgan fingerprint density at radius 3 is 2.76 bits per heavy atom. The van der Waals surface area contributed by atoms with Crippen LogP contribution in [0.4, 0.5) is 10.1 Å². The number of benzene rings is 3. The number of H-pyrrole nitrogens is 1. The number of aromatic amines is 1. The van der Waals surface area contributed by atoms with E-state index in [4.69, 9.17) is 4.74 Å². The molecule has 1 amide bonds. The fourth-order valence-corrected chi connectivity index (χ4v) is 4.97. The summed E-state index contributed by atoms with van der Waals surface area (Å²) in [5.41, 5.74) is 2.55. The summed E-state index contributed by atoms with van der Waals surface area (Å²) in [5, 5.41) is 25.7. The largest absolute Gasteiger partial charge is 0.392 e. The number of aliphatic hydroxyl groups is 1. The van der Waals surface area contributed by atoms with Crippen molar-refractivity contribution in [1.29, 1.82) is 0 Å². The molecule has 3 heterocycles. The molecule has 9 nitrogen and oxygen atoms in total. The van der Waals surface area contributed by atoms with E-state index in [1.165, 1.54) is 12.1 Å². The van der Waals surface area contributed by atoms with Crippen molar-refractivity contribution >= 4 is 33.3 Å². The molecule has 1 aliphatic heterocycles. The van der Waals surface area contributed by atoms with Gasteiger partial charge in [-0.15, -0.1) is 0 Å². The lowest BCUT2D eigenvalue weighted by atomic mass is 9.99. The third-order valence-electron chi connectivity index (χ3n) is 6.87. The minimum absolute atomic E-state index is 0.112. The van der Waals surface area contributed by atoms with Crippen LogP contribution in [0.15, 0.2) is 65.5 Å². The Balaban J connectivity index is 1.33. The van der Waals surface area contributed by atoms with Crippen molar-refractivity contribution in [3.63, 3.8) is 0 Å². The lowest BCUT2D eigenvalue weighted by molar-refractivity contribution is 0.102. The number of aliphatic hydroxyl groups excluding tert-OH is 1. The zero-order valence-electron chi connectivity index (χ0n) is 20.3. The van der Waals surface area contributed by atoms with Crippen LogP contribution in [-0.2, 0) is 17.9 Å². The predicted octanol–water partition coefficient (Wildman–Crippen LogP) is 3.86. The number of fused-ring (bicyclic) bond motifs is 2. The van der Waals surface area contributed by atoms with Gasteiger partial charge in [-0.05, 0) is 48.4 Å². The molecule has 192 valence electrons. The normalized spacial score (nSPS) is 15.4. The van der Waals surface area contributed by atoms with Gasteiger partial charge in [-0.1, -0.05) is 24.3 Å². The van der Waals surface area contributed by atoms with Gasteiger partial charge < -0.3 is 15.2 Å². The Kier molecular flexibility index (Phi) is 6.18. The quantitative estimate of drug-likeness (QED) is 0.317. The molecule has 0 saturated carbocycles. The van der Waals surface area contributed by atoms with Crippen molar-refractivity contribution in [2.24, 2.45) is 5.92 Å². The average molecular weight is 514 g/mol. The van der Waals surface area contributed by atoms with Crippen molar-refractivity contribution in [1.82, 2.24) is 20.0 Å². The summed E-state index contributed by atoms with van der Waals surface area (Å²) in [6.45, 7) is 1.57. The first-order valence-electron chi connectivity index (χ1n) is 12.3. The summed E-state index contributed by atoms with van der Waals surface area (Å²) < 4.78 is 21.3. The summed E-state index contributed by atoms with van der Waals surface area (Å²) >= 11 is 0. The highest BCUT2D eigenvalue weighted by atomic mass is 19.1. The van der Waals surface area contributed by atoms with E-state index >= 15 is 0 Å². The smallest absolute Gasteiger partial charge is 0.276 e. The first-order valence-corrected chi connectivity index (χ1v) is 12.3. The number of nitrogens with one attached hydrogen (secondary N) is 2. The summed E-state index contributed by atoms with van der Waals surface area (Å²) in [5.74, 6) is -0.675. The predicted molar refractivity (Wildman–Crippen MR) is 140 cm³/mol. The number of aromatic nitrogens is 4. The highest BCUT2D eigenvalue weighted by molar-refractivity contribution is 6.11. The van der Waals surface area contributed by atoms with Crippen molar-refractivity contribution < 1.29 is 19.0 Å². The van der Waals surface area contributed by atoms with Crippen LogP contribution in [0, 0.1) is 11.7 Å². The highest BCUT2D eigenvalue weighted by Gasteiger charge is 2.23. The van der Waals surface area contributed by atoms with Crippen LogP contribution >= 0.6 is 0 Å². The first kappa shape index (κ1) is 24.0. The maximum absolute atomic E-state index is 14.1. The Morgan fingerprint density at radius 2 is 1.97 bits per heavy atom. The highest BCUT2D eigenvalue weighted by Crippen LogP contribution is 2.30. The summed E-state index contributed by atoms with van der Waals surface area (Å²) in [7, 11) is 0. The number of nitrogens with zero attached hydrogens (tertiary/aromatic N) is 3. The molecular weight excluding hydrogens is 489 g/mol. The van der Waals surface area contributed by atoms with E-state index in [0.29, 0.717) is 63.9 Å². The van der Waals surface area contributed by atoms with Crippen LogP contribution in [-0.4, -0.2) is 44.2 Å². The van der Waals surface area contributed by atoms with Crippen LogP contribution in [0.25, 0.3) is 32.9 Å². The zero-order valence-corrected chi connectivity index (χ0v) is 20.3. The van der Waals surface area contributed by atoms with Crippen molar-refractivity contribution in [2.45, 2.75) is 19.6 Å². The third-order valence-corrected chi connectivity index (χ3v) is 6.87. The van der Waals surface area contributed by atoms with E-state index in [1.54, 1.807) is 47.1 Å². The molecule has 0 radical (unpaired) electrons. The van der Waals surface area contributed by atoms with Gasteiger partial charge in [0, 0.05) is 41.1 Å². The SMILES string of the molecule is O=C(Nc1ccc(-c2n[nH]c(=O)c3ccccc23)c(CO)c1)c1nn(CC2CCOC2)c2ccc(F)cc12. The summed E-state index contributed by atoms with van der Waals surface area (Å²) in [6, 6.07) is 16.4. The van der Waals surface area contributed by atoms with Gasteiger partial charge in [0.05, 0.1) is 29.8 Å². The van der Waals surface area contributed by atoms with E-state index in [2.05, 4.69) is 20.6 Å². The fourth-order valence-electron chi connectivity index (χ4n) is 4.97. The van der Waals surface area contributed by atoms with E-state index < -0.39 is 11.7 Å². The molecule has 0 bridgehead atoms. The van der Waals surface area contributed by atoms with E-state index in [0.717, 1.165) is 6.42 Å². The molecule has 0 spiro atoms. The standard InChI is InChI=1S/C28H24FN5O4/c29-18-5-8-24-23(12-18)26(33-34(24)13-16-9-10-38-15-16)28(37)30-19-6-7-20(17(11-19)14-35)25-21-3-1-2-4-22(21)27(36)32-31-25/h1-8,11-12,16,35H,9-10,13-15H2,(H,30,37)(H,32,36). The molecule has 1 unspecified atom stereocenters. The molecule has 1 fully saturated rings. The third kappa shape index (κ3) is 4.33. The molecule has 3 aromatic carbocycles. The van der Waals surface area contributed by atoms with Crippen molar-refractivity contribution in [3.8, 4) is 11.3 Å². The minimum atomic E-state index is -0.494. The molecule has 0 aliphatic carbocycles. The average Bonchev–Trinajstić information content (AvgIpc) is 3.57. The second kappa shape index (κ2) is 9.81. The molecule has 10 heteroatoms. The molecular formula is C28H24FN5O4. The molecule has 6 rings (SSSR count). The van der Waals surface area contributed by atoms with Gasteiger partial charge in [0.15, 0.2) is 5.69 Å². The van der Waals surface area contributed by atoms with Crippen LogP contribution in [0.5, 0.6) is 0 Å². The Labute approximate surface area is 215 Å². The van der Waals surface area contributed by atoms with Crippen molar-refractivity contribution in [2.75, 3.05) is 18.5 Å². The van der Waals surface area contributed by atoms with Gasteiger partial charge in [-0.2, -0.15) is 10.2 Å². The number of carbonyl (C=O) groups excluding carboxylic acids is 1. The molecule has 1 atom stereocenters. The van der Waals surface area contributed by atoms with Crippen LogP contribution in [0.2, 0.25) is 0 Å². The van der Waals surface area contributed by atoms with Gasteiger partial charge in [0.1, 0.15) is 5.82 Å². The van der Waals surface area contributed by atoms with Crippen molar-refractivity contribution in [3.05, 3.63) is 88.1 Å². The van der Waals surface area contributed by atoms with E-state index in [-0.39, 0.29) is 23.8 Å². The molecule has 1 saturated heterocycles. The van der Waals surface area contributed by atoms with Gasteiger partial charge >= 0.3 is 0 Å². The van der Waals surface area contributed by atoms with E-state index in [1.807, 2.05) is 6.07 Å². The van der Waals surface area contributed by atoms with Gasteiger partial charge in [0.25, 0.3) is 11.5 Å². The molecule has 3 N–H and O–H groups in total. The minimum Gasteiger partial charge on any atom is -0.392 e. The number of rotatable bonds is 6. The van der Waals surface area contributed by atoms with Crippen LogP contribution in [0.1, 0.15) is 22.5 Å². The number of hydrogen-bond acceptors (Lipinski definition) is 6. The van der Waals surface area contributed by atoms with Gasteiger partial charge in [0.2, 0.25) is 0 Å². The second-order valence-corrected chi connectivity index (χ2v) is 9.35. The molecule has 38 heavy (non-hydrogen) atoms. The topological polar surface area (TPSA) is 122 Å². The Morgan fingerprint density at radius 1 is 1.13 bits per heavy atom.